The van der Waals surface area contributed by atoms with Crippen molar-refractivity contribution >= 4 is 11.8 Å². The Labute approximate surface area is 141 Å². The second-order valence-electron chi connectivity index (χ2n) is 5.82. The average molecular weight is 338 g/mol. The Balaban J connectivity index is 2.82. The molecule has 0 saturated heterocycles. The van der Waals surface area contributed by atoms with E-state index in [9.17, 15) is 18.4 Å². The maximum absolute atomic E-state index is 13.3. The lowest BCUT2D eigenvalue weighted by Gasteiger charge is -2.21. The van der Waals surface area contributed by atoms with E-state index in [0.717, 1.165) is 37.5 Å². The molecule has 0 aromatic heterocycles. The molecule has 0 saturated carbocycles. The van der Waals surface area contributed by atoms with Gasteiger partial charge in [-0.15, -0.1) is 0 Å². The number of halogens is 2. The van der Waals surface area contributed by atoms with Crippen LogP contribution in [0.15, 0.2) is 30.4 Å². The van der Waals surface area contributed by atoms with E-state index in [2.05, 4.69) is 12.2 Å². The average Bonchev–Trinajstić information content (AvgIpc) is 2.49. The van der Waals surface area contributed by atoms with Gasteiger partial charge in [0.25, 0.3) is 0 Å². The van der Waals surface area contributed by atoms with E-state index in [4.69, 9.17) is 0 Å². The lowest BCUT2D eigenvalue weighted by molar-refractivity contribution is -0.133. The van der Waals surface area contributed by atoms with Crippen molar-refractivity contribution in [3.63, 3.8) is 0 Å². The number of benzene rings is 1. The number of likely N-dealkylation sites (N-methyl/N-ethyl adjacent to an activating group) is 1. The number of carbonyl (C=O) groups excluding carboxylic acids is 2. The van der Waals surface area contributed by atoms with Gasteiger partial charge in [0.05, 0.1) is 0 Å². The highest BCUT2D eigenvalue weighted by Crippen LogP contribution is 2.11. The van der Waals surface area contributed by atoms with Crippen LogP contribution in [0.3, 0.4) is 0 Å². The highest BCUT2D eigenvalue weighted by molar-refractivity contribution is 5.92. The monoisotopic (exact) mass is 338 g/mol. The molecular formula is C18H24F2N2O2. The number of amides is 2. The second kappa shape index (κ2) is 9.80. The van der Waals surface area contributed by atoms with E-state index >= 15 is 0 Å². The number of hydrogen-bond donors (Lipinski definition) is 1. The second-order valence-corrected chi connectivity index (χ2v) is 5.82. The molecule has 0 radical (unpaired) electrons. The first-order chi connectivity index (χ1) is 11.3. The maximum Gasteiger partial charge on any atom is 0.244 e. The maximum atomic E-state index is 13.3. The summed E-state index contributed by atoms with van der Waals surface area (Å²) in [4.78, 5) is 25.5. The predicted octanol–water partition coefficient (Wildman–Crippen LogP) is 2.83. The number of rotatable bonds is 8. The first-order valence-electron chi connectivity index (χ1n) is 7.96. The van der Waals surface area contributed by atoms with Crippen LogP contribution in [0, 0.1) is 11.6 Å². The fourth-order valence-corrected chi connectivity index (χ4v) is 2.21. The highest BCUT2D eigenvalue weighted by Gasteiger charge is 2.22. The summed E-state index contributed by atoms with van der Waals surface area (Å²) in [5.74, 6) is -2.17. The molecule has 1 atom stereocenters. The van der Waals surface area contributed by atoms with E-state index in [-0.39, 0.29) is 12.3 Å². The van der Waals surface area contributed by atoms with Crippen LogP contribution < -0.4 is 5.32 Å². The summed E-state index contributed by atoms with van der Waals surface area (Å²) in [6, 6.07) is 2.19. The van der Waals surface area contributed by atoms with Crippen LogP contribution >= 0.6 is 0 Å². The number of nitrogens with zero attached hydrogens (tertiary/aromatic N) is 1. The lowest BCUT2D eigenvalue weighted by Crippen LogP contribution is -2.47. The summed E-state index contributed by atoms with van der Waals surface area (Å²) < 4.78 is 26.6. The zero-order valence-corrected chi connectivity index (χ0v) is 14.3. The molecule has 0 aliphatic rings. The fraction of sp³-hybridized carbons (Fsp3) is 0.444. The van der Waals surface area contributed by atoms with Crippen molar-refractivity contribution in [2.75, 3.05) is 14.1 Å². The van der Waals surface area contributed by atoms with Crippen molar-refractivity contribution in [1.29, 1.82) is 0 Å². The number of hydrogen-bond acceptors (Lipinski definition) is 2. The molecule has 4 nitrogen and oxygen atoms in total. The van der Waals surface area contributed by atoms with Crippen LogP contribution in [-0.2, 0) is 16.0 Å². The van der Waals surface area contributed by atoms with Gasteiger partial charge in [0.1, 0.15) is 17.7 Å². The van der Waals surface area contributed by atoms with Crippen LogP contribution in [0.25, 0.3) is 0 Å². The largest absolute Gasteiger partial charge is 0.347 e. The van der Waals surface area contributed by atoms with Crippen LogP contribution in [-0.4, -0.2) is 36.9 Å². The van der Waals surface area contributed by atoms with Crippen LogP contribution in [0.4, 0.5) is 8.78 Å². The molecule has 0 spiro atoms. The SMILES string of the molecule is CCCC/C=C/C(=O)N[C@@H](Cc1cc(F)cc(F)c1)C(=O)N(C)C. The molecule has 132 valence electrons. The summed E-state index contributed by atoms with van der Waals surface area (Å²) in [6.07, 6.45) is 5.94. The third kappa shape index (κ3) is 6.89. The molecule has 0 unspecified atom stereocenters. The first kappa shape index (κ1) is 19.8. The number of unbranched alkanes of at least 4 members (excludes halogenated alkanes) is 2. The minimum absolute atomic E-state index is 0.0141. The Morgan fingerprint density at radius 3 is 2.38 bits per heavy atom. The van der Waals surface area contributed by atoms with Gasteiger partial charge in [-0.25, -0.2) is 8.78 Å². The van der Waals surface area contributed by atoms with E-state index in [1.807, 2.05) is 0 Å². The van der Waals surface area contributed by atoms with Crippen molar-refractivity contribution in [3.05, 3.63) is 47.5 Å². The molecule has 0 bridgehead atoms. The smallest absolute Gasteiger partial charge is 0.244 e. The number of nitrogens with one attached hydrogen (secondary N) is 1. The Bertz CT molecular complexity index is 580. The Morgan fingerprint density at radius 1 is 1.21 bits per heavy atom. The minimum atomic E-state index is -0.885. The molecule has 6 heteroatoms. The quantitative estimate of drug-likeness (QED) is 0.585. The summed E-state index contributed by atoms with van der Waals surface area (Å²) in [5.41, 5.74) is 0.308. The summed E-state index contributed by atoms with van der Waals surface area (Å²) in [6.45, 7) is 2.05. The van der Waals surface area contributed by atoms with Crippen molar-refractivity contribution < 1.29 is 18.4 Å². The Kier molecular flexibility index (Phi) is 8.09. The Hall–Kier alpha value is -2.24. The molecule has 1 rings (SSSR count). The van der Waals surface area contributed by atoms with Gasteiger partial charge in [-0.2, -0.15) is 0 Å². The van der Waals surface area contributed by atoms with Crippen molar-refractivity contribution in [1.82, 2.24) is 10.2 Å². The van der Waals surface area contributed by atoms with Crippen LogP contribution in [0.5, 0.6) is 0 Å². The third-order valence-corrected chi connectivity index (χ3v) is 3.41. The van der Waals surface area contributed by atoms with Crippen molar-refractivity contribution in [2.24, 2.45) is 0 Å². The highest BCUT2D eigenvalue weighted by atomic mass is 19.1. The standard InChI is InChI=1S/C18H24F2N2O2/c1-4-5-6-7-8-17(23)21-16(18(24)22(2)3)11-13-9-14(19)12-15(20)10-13/h7-10,12,16H,4-6,11H2,1-3H3,(H,21,23)/b8-7+/t16-/m0/s1. The van der Waals surface area contributed by atoms with Gasteiger partial charge in [-0.1, -0.05) is 25.8 Å². The van der Waals surface area contributed by atoms with Crippen LogP contribution in [0.2, 0.25) is 0 Å². The van der Waals surface area contributed by atoms with Gasteiger partial charge >= 0.3 is 0 Å². The molecule has 0 aliphatic carbocycles. The molecule has 1 N–H and O–H groups in total. The van der Waals surface area contributed by atoms with Gasteiger partial charge in [0.15, 0.2) is 0 Å². The van der Waals surface area contributed by atoms with Gasteiger partial charge < -0.3 is 10.2 Å². The lowest BCUT2D eigenvalue weighted by atomic mass is 10.0. The van der Waals surface area contributed by atoms with Crippen molar-refractivity contribution in [2.45, 2.75) is 38.6 Å². The van der Waals surface area contributed by atoms with Crippen molar-refractivity contribution in [3.8, 4) is 0 Å². The first-order valence-corrected chi connectivity index (χ1v) is 7.96. The molecule has 0 fully saturated rings. The molecule has 1 aromatic rings. The molecule has 2 amide bonds. The molecule has 0 aliphatic heterocycles. The summed E-state index contributed by atoms with van der Waals surface area (Å²) in [5, 5.41) is 2.60. The third-order valence-electron chi connectivity index (χ3n) is 3.41. The van der Waals surface area contributed by atoms with Crippen LogP contribution in [0.1, 0.15) is 31.7 Å². The van der Waals surface area contributed by atoms with Gasteiger partial charge in [-0.3, -0.25) is 9.59 Å². The number of carbonyl (C=O) groups is 2. The zero-order chi connectivity index (χ0) is 18.1. The molecule has 0 heterocycles. The van der Waals surface area contributed by atoms with Gasteiger partial charge in [0, 0.05) is 26.6 Å². The molecule has 1 aromatic carbocycles. The Morgan fingerprint density at radius 2 is 1.83 bits per heavy atom. The minimum Gasteiger partial charge on any atom is -0.347 e. The molecular weight excluding hydrogens is 314 g/mol. The fourth-order valence-electron chi connectivity index (χ4n) is 2.21. The molecule has 24 heavy (non-hydrogen) atoms. The van der Waals surface area contributed by atoms with E-state index in [0.29, 0.717) is 5.56 Å². The number of allylic oxidation sites excluding steroid dienone is 1. The topological polar surface area (TPSA) is 49.4 Å². The summed E-state index contributed by atoms with van der Waals surface area (Å²) >= 11 is 0. The van der Waals surface area contributed by atoms with Gasteiger partial charge in [-0.05, 0) is 30.2 Å². The van der Waals surface area contributed by atoms with E-state index in [1.54, 1.807) is 20.2 Å². The summed E-state index contributed by atoms with van der Waals surface area (Å²) in [7, 11) is 3.12. The van der Waals surface area contributed by atoms with E-state index in [1.165, 1.54) is 11.0 Å². The van der Waals surface area contributed by atoms with E-state index < -0.39 is 23.6 Å². The zero-order valence-electron chi connectivity index (χ0n) is 14.3. The van der Waals surface area contributed by atoms with Gasteiger partial charge in [0.2, 0.25) is 11.8 Å². The predicted molar refractivity (Wildman–Crippen MR) is 89.4 cm³/mol. The normalized spacial score (nSPS) is 12.2.